The van der Waals surface area contributed by atoms with Crippen LogP contribution >= 0.6 is 0 Å². The van der Waals surface area contributed by atoms with Crippen LogP contribution in [0.4, 0.5) is 16.0 Å². The number of aromatic nitrogens is 3. The van der Waals surface area contributed by atoms with Gasteiger partial charge in [-0.3, -0.25) is 0 Å². The molecule has 3 heterocycles. The van der Waals surface area contributed by atoms with E-state index in [-0.39, 0.29) is 17.7 Å². The highest BCUT2D eigenvalue weighted by atomic mass is 19.1. The van der Waals surface area contributed by atoms with E-state index < -0.39 is 5.82 Å². The number of nitrogens with zero attached hydrogens (tertiary/aromatic N) is 2. The first kappa shape index (κ1) is 19.3. The summed E-state index contributed by atoms with van der Waals surface area (Å²) in [6, 6.07) is 14.3. The van der Waals surface area contributed by atoms with Crippen molar-refractivity contribution in [1.29, 1.82) is 0 Å². The molecule has 1 saturated heterocycles. The minimum absolute atomic E-state index is 0.108. The van der Waals surface area contributed by atoms with Crippen LogP contribution in [0.1, 0.15) is 12.1 Å². The molecule has 0 spiro atoms. The molecular weight excluding hydrogens is 397 g/mol. The van der Waals surface area contributed by atoms with Gasteiger partial charge < -0.3 is 25.1 Å². The normalized spacial score (nSPS) is 15.9. The summed E-state index contributed by atoms with van der Waals surface area (Å²) in [5.41, 5.74) is 2.40. The Balaban J connectivity index is 1.32. The van der Waals surface area contributed by atoms with E-state index in [2.05, 4.69) is 25.6 Å². The second-order valence-corrected chi connectivity index (χ2v) is 7.50. The Bertz CT molecular complexity index is 1220. The number of halogens is 1. The molecule has 2 aromatic carbocycles. The predicted molar refractivity (Wildman–Crippen MR) is 117 cm³/mol. The Labute approximate surface area is 178 Å². The van der Waals surface area contributed by atoms with Gasteiger partial charge in [-0.25, -0.2) is 9.37 Å². The molecule has 31 heavy (non-hydrogen) atoms. The van der Waals surface area contributed by atoms with Crippen molar-refractivity contribution in [3.63, 3.8) is 0 Å². The zero-order valence-electron chi connectivity index (χ0n) is 17.0. The van der Waals surface area contributed by atoms with E-state index in [9.17, 15) is 4.39 Å². The van der Waals surface area contributed by atoms with E-state index in [1.54, 1.807) is 30.5 Å². The van der Waals surface area contributed by atoms with Crippen LogP contribution in [0.25, 0.3) is 10.9 Å². The van der Waals surface area contributed by atoms with E-state index in [0.29, 0.717) is 11.3 Å². The molecule has 2 aromatic heterocycles. The summed E-state index contributed by atoms with van der Waals surface area (Å²) in [4.78, 5) is 11.7. The van der Waals surface area contributed by atoms with Crippen molar-refractivity contribution in [2.75, 3.05) is 18.4 Å². The minimum atomic E-state index is -0.429. The molecule has 0 amide bonds. The lowest BCUT2D eigenvalue weighted by Gasteiger charge is -2.14. The van der Waals surface area contributed by atoms with Crippen molar-refractivity contribution in [2.24, 2.45) is 0 Å². The van der Waals surface area contributed by atoms with Crippen molar-refractivity contribution in [3.8, 4) is 17.4 Å². The Morgan fingerprint density at radius 1 is 1.16 bits per heavy atom. The van der Waals surface area contributed by atoms with Crippen LogP contribution in [-0.2, 0) is 0 Å². The van der Waals surface area contributed by atoms with Gasteiger partial charge in [0.1, 0.15) is 11.9 Å². The molecule has 7 nitrogen and oxygen atoms in total. The van der Waals surface area contributed by atoms with Gasteiger partial charge in [-0.15, -0.1) is 0 Å². The van der Waals surface area contributed by atoms with Gasteiger partial charge in [0.2, 0.25) is 11.8 Å². The topological polar surface area (TPSA) is 84.1 Å². The fraction of sp³-hybridized carbons (Fsp3) is 0.217. The maximum atomic E-state index is 14.8. The number of anilines is 2. The highest BCUT2D eigenvalue weighted by molar-refractivity contribution is 5.82. The molecule has 0 bridgehead atoms. The summed E-state index contributed by atoms with van der Waals surface area (Å²) in [6.07, 6.45) is 2.73. The number of aromatic amines is 1. The van der Waals surface area contributed by atoms with Crippen molar-refractivity contribution in [2.45, 2.75) is 19.4 Å². The lowest BCUT2D eigenvalue weighted by Crippen LogP contribution is -2.19. The molecule has 1 fully saturated rings. The summed E-state index contributed by atoms with van der Waals surface area (Å²) in [7, 11) is 0. The molecule has 1 atom stereocenters. The molecule has 0 aliphatic carbocycles. The second-order valence-electron chi connectivity index (χ2n) is 7.50. The number of aryl methyl sites for hydroxylation is 1. The molecule has 5 rings (SSSR count). The molecular formula is C23H22FN5O2. The highest BCUT2D eigenvalue weighted by Crippen LogP contribution is 2.30. The third kappa shape index (κ3) is 4.29. The molecule has 0 radical (unpaired) electrons. The summed E-state index contributed by atoms with van der Waals surface area (Å²) in [5, 5.41) is 6.91. The van der Waals surface area contributed by atoms with Gasteiger partial charge in [-0.2, -0.15) is 4.98 Å². The van der Waals surface area contributed by atoms with E-state index >= 15 is 0 Å². The molecule has 0 unspecified atom stereocenters. The average molecular weight is 419 g/mol. The van der Waals surface area contributed by atoms with Gasteiger partial charge in [-0.05, 0) is 50.2 Å². The monoisotopic (exact) mass is 419 g/mol. The SMILES string of the molecule is Cc1cc2c(F)c(Oc3ccnc(Nc4cccc(O[C@H]5CCNC5)c4)n3)ccc2[nH]1. The number of ether oxygens (including phenoxy) is 2. The van der Waals surface area contributed by atoms with E-state index in [1.165, 1.54) is 0 Å². The molecule has 158 valence electrons. The number of rotatable bonds is 6. The van der Waals surface area contributed by atoms with Crippen LogP contribution in [0, 0.1) is 12.7 Å². The Hall–Kier alpha value is -3.65. The van der Waals surface area contributed by atoms with Gasteiger partial charge in [-0.1, -0.05) is 6.07 Å². The van der Waals surface area contributed by atoms with Crippen LogP contribution in [-0.4, -0.2) is 34.1 Å². The maximum Gasteiger partial charge on any atom is 0.230 e. The lowest BCUT2D eigenvalue weighted by atomic mass is 10.2. The number of H-pyrrole nitrogens is 1. The second kappa shape index (κ2) is 8.23. The number of fused-ring (bicyclic) bond motifs is 1. The Morgan fingerprint density at radius 3 is 2.97 bits per heavy atom. The smallest absolute Gasteiger partial charge is 0.230 e. The van der Waals surface area contributed by atoms with Crippen LogP contribution < -0.4 is 20.1 Å². The lowest BCUT2D eigenvalue weighted by molar-refractivity contribution is 0.223. The molecule has 4 aromatic rings. The van der Waals surface area contributed by atoms with E-state index in [0.717, 1.165) is 42.2 Å². The summed E-state index contributed by atoms with van der Waals surface area (Å²) >= 11 is 0. The third-order valence-electron chi connectivity index (χ3n) is 5.09. The van der Waals surface area contributed by atoms with Gasteiger partial charge in [0, 0.05) is 47.2 Å². The average Bonchev–Trinajstić information content (AvgIpc) is 3.40. The summed E-state index contributed by atoms with van der Waals surface area (Å²) in [5.74, 6) is 1.05. The van der Waals surface area contributed by atoms with Gasteiger partial charge in [0.25, 0.3) is 0 Å². The van der Waals surface area contributed by atoms with Crippen molar-refractivity contribution >= 4 is 22.5 Å². The van der Waals surface area contributed by atoms with Crippen LogP contribution in [0.2, 0.25) is 0 Å². The Morgan fingerprint density at radius 2 is 2.10 bits per heavy atom. The molecule has 1 aliphatic rings. The number of hydrogen-bond donors (Lipinski definition) is 3. The first-order valence-corrected chi connectivity index (χ1v) is 10.2. The van der Waals surface area contributed by atoms with Crippen LogP contribution in [0.5, 0.6) is 17.4 Å². The first-order valence-electron chi connectivity index (χ1n) is 10.2. The number of benzene rings is 2. The standard InChI is InChI=1S/C23H22FN5O2/c1-14-11-18-19(27-14)5-6-20(22(18)24)31-21-8-10-26-23(29-21)28-15-3-2-4-16(12-15)30-17-7-9-25-13-17/h2-6,8,10-12,17,25,27H,7,9,13H2,1H3,(H,26,28,29)/t17-/m0/s1. The minimum Gasteiger partial charge on any atom is -0.489 e. The van der Waals surface area contributed by atoms with Crippen molar-refractivity contribution in [3.05, 3.63) is 66.2 Å². The number of hydrogen-bond acceptors (Lipinski definition) is 6. The molecule has 3 N–H and O–H groups in total. The predicted octanol–water partition coefficient (Wildman–Crippen LogP) is 4.68. The molecule has 0 saturated carbocycles. The van der Waals surface area contributed by atoms with Crippen molar-refractivity contribution < 1.29 is 13.9 Å². The fourth-order valence-corrected chi connectivity index (χ4v) is 3.64. The summed E-state index contributed by atoms with van der Waals surface area (Å²) in [6.45, 7) is 3.71. The fourth-order valence-electron chi connectivity index (χ4n) is 3.64. The first-order chi connectivity index (χ1) is 15.1. The van der Waals surface area contributed by atoms with E-state index in [4.69, 9.17) is 9.47 Å². The summed E-state index contributed by atoms with van der Waals surface area (Å²) < 4.78 is 26.5. The van der Waals surface area contributed by atoms with Crippen LogP contribution in [0.3, 0.4) is 0 Å². The molecule has 8 heteroatoms. The van der Waals surface area contributed by atoms with Gasteiger partial charge >= 0.3 is 0 Å². The van der Waals surface area contributed by atoms with E-state index in [1.807, 2.05) is 31.2 Å². The Kier molecular flexibility index (Phi) is 5.13. The van der Waals surface area contributed by atoms with Gasteiger partial charge in [0.05, 0.1) is 0 Å². The van der Waals surface area contributed by atoms with Gasteiger partial charge in [0.15, 0.2) is 11.6 Å². The van der Waals surface area contributed by atoms with Crippen LogP contribution in [0.15, 0.2) is 54.7 Å². The third-order valence-corrected chi connectivity index (χ3v) is 5.09. The quantitative estimate of drug-likeness (QED) is 0.421. The zero-order valence-corrected chi connectivity index (χ0v) is 17.0. The number of nitrogens with one attached hydrogen (secondary N) is 3. The molecule has 1 aliphatic heterocycles. The largest absolute Gasteiger partial charge is 0.489 e. The zero-order chi connectivity index (χ0) is 21.2. The maximum absolute atomic E-state index is 14.8. The highest BCUT2D eigenvalue weighted by Gasteiger charge is 2.16. The van der Waals surface area contributed by atoms with Crippen molar-refractivity contribution in [1.82, 2.24) is 20.3 Å².